The molecule has 2 heterocycles. The standard InChI is InChI=1S/C24H19FN2O3S/c1-16-6-12-20(13-7-16)31(29,30)27-24(28)22(18-8-10-19(25)11-9-18)23-21-5-3-2-4-17(21)14-15-26(23)27/h2-15,22-23H,1H3/t22-,23-/m1/s1. The first kappa shape index (κ1) is 19.5. The summed E-state index contributed by atoms with van der Waals surface area (Å²) in [5, 5.41) is 1.48. The number of amides is 1. The van der Waals surface area contributed by atoms with Crippen LogP contribution in [0.1, 0.15) is 34.2 Å². The van der Waals surface area contributed by atoms with Gasteiger partial charge in [-0.05, 0) is 54.0 Å². The maximum atomic E-state index is 13.6. The number of hydrogen-bond donors (Lipinski definition) is 0. The summed E-state index contributed by atoms with van der Waals surface area (Å²) in [4.78, 5) is 13.7. The Labute approximate surface area is 180 Å². The van der Waals surface area contributed by atoms with Crippen molar-refractivity contribution >= 4 is 22.0 Å². The fourth-order valence-corrected chi connectivity index (χ4v) is 5.68. The molecule has 2 atom stereocenters. The van der Waals surface area contributed by atoms with Gasteiger partial charge in [0, 0.05) is 6.20 Å². The molecule has 2 aliphatic heterocycles. The van der Waals surface area contributed by atoms with Crippen molar-refractivity contribution in [2.75, 3.05) is 0 Å². The van der Waals surface area contributed by atoms with E-state index >= 15 is 0 Å². The van der Waals surface area contributed by atoms with Crippen LogP contribution in [0, 0.1) is 12.7 Å². The van der Waals surface area contributed by atoms with E-state index in [1.807, 2.05) is 31.2 Å². The number of carbonyl (C=O) groups is 1. The Morgan fingerprint density at radius 1 is 0.903 bits per heavy atom. The van der Waals surface area contributed by atoms with Crippen molar-refractivity contribution in [1.29, 1.82) is 0 Å². The average Bonchev–Trinajstić information content (AvgIpc) is 3.07. The zero-order valence-electron chi connectivity index (χ0n) is 16.6. The zero-order chi connectivity index (χ0) is 21.8. The summed E-state index contributed by atoms with van der Waals surface area (Å²) >= 11 is 0. The monoisotopic (exact) mass is 434 g/mol. The Hall–Kier alpha value is -3.45. The van der Waals surface area contributed by atoms with Crippen LogP contribution in [0.15, 0.2) is 83.9 Å². The summed E-state index contributed by atoms with van der Waals surface area (Å²) in [6.07, 6.45) is 3.42. The third kappa shape index (κ3) is 3.04. The smallest absolute Gasteiger partial charge is 0.271 e. The molecule has 3 aromatic carbocycles. The highest BCUT2D eigenvalue weighted by atomic mass is 32.2. The van der Waals surface area contributed by atoms with Gasteiger partial charge in [0.1, 0.15) is 5.82 Å². The minimum absolute atomic E-state index is 0.0391. The Balaban J connectivity index is 1.68. The van der Waals surface area contributed by atoms with Crippen molar-refractivity contribution < 1.29 is 17.6 Å². The summed E-state index contributed by atoms with van der Waals surface area (Å²) in [6.45, 7) is 1.86. The molecule has 1 amide bonds. The average molecular weight is 434 g/mol. The van der Waals surface area contributed by atoms with Crippen LogP contribution in [0.3, 0.4) is 0 Å². The first-order valence-electron chi connectivity index (χ1n) is 9.84. The van der Waals surface area contributed by atoms with Crippen LogP contribution in [0.5, 0.6) is 0 Å². The van der Waals surface area contributed by atoms with Gasteiger partial charge in [-0.25, -0.2) is 4.39 Å². The molecular formula is C24H19FN2O3S. The van der Waals surface area contributed by atoms with E-state index in [2.05, 4.69) is 0 Å². The molecule has 31 heavy (non-hydrogen) atoms. The number of nitrogens with zero attached hydrogens (tertiary/aromatic N) is 2. The van der Waals surface area contributed by atoms with Crippen LogP contribution in [0.2, 0.25) is 0 Å². The van der Waals surface area contributed by atoms with Crippen molar-refractivity contribution in [1.82, 2.24) is 9.42 Å². The number of hydrogen-bond acceptors (Lipinski definition) is 4. The first-order valence-corrected chi connectivity index (χ1v) is 11.3. The van der Waals surface area contributed by atoms with E-state index in [1.165, 1.54) is 29.3 Å². The fraction of sp³-hybridized carbons (Fsp3) is 0.125. The highest BCUT2D eigenvalue weighted by Crippen LogP contribution is 2.49. The summed E-state index contributed by atoms with van der Waals surface area (Å²) in [5.41, 5.74) is 3.24. The molecule has 0 aromatic heterocycles. The summed E-state index contributed by atoms with van der Waals surface area (Å²) in [5.74, 6) is -1.79. The molecule has 0 saturated carbocycles. The number of benzene rings is 3. The number of hydrazine groups is 1. The van der Waals surface area contributed by atoms with E-state index in [1.54, 1.807) is 36.5 Å². The molecule has 5 nitrogen and oxygen atoms in total. The number of rotatable bonds is 3. The Morgan fingerprint density at radius 3 is 2.29 bits per heavy atom. The van der Waals surface area contributed by atoms with Crippen LogP contribution in [-0.2, 0) is 14.8 Å². The molecule has 0 spiro atoms. The molecular weight excluding hydrogens is 415 g/mol. The molecule has 7 heteroatoms. The highest BCUT2D eigenvalue weighted by Gasteiger charge is 2.53. The number of aryl methyl sites for hydroxylation is 1. The number of carbonyl (C=O) groups excluding carboxylic acids is 1. The summed E-state index contributed by atoms with van der Waals surface area (Å²) < 4.78 is 41.4. The Morgan fingerprint density at radius 2 is 1.58 bits per heavy atom. The molecule has 0 N–H and O–H groups in total. The van der Waals surface area contributed by atoms with E-state index in [0.29, 0.717) is 5.56 Å². The lowest BCUT2D eigenvalue weighted by atomic mass is 9.84. The second-order valence-electron chi connectivity index (χ2n) is 7.70. The molecule has 1 saturated heterocycles. The third-order valence-corrected chi connectivity index (χ3v) is 7.45. The normalized spacial score (nSPS) is 20.0. The number of halogens is 1. The lowest BCUT2D eigenvalue weighted by molar-refractivity contribution is -0.128. The second-order valence-corrected chi connectivity index (χ2v) is 9.47. The van der Waals surface area contributed by atoms with E-state index in [0.717, 1.165) is 21.1 Å². The molecule has 2 aliphatic rings. The van der Waals surface area contributed by atoms with E-state index in [9.17, 15) is 17.6 Å². The van der Waals surface area contributed by atoms with E-state index < -0.39 is 33.7 Å². The Bertz CT molecular complexity index is 1300. The largest absolute Gasteiger partial charge is 0.284 e. The molecule has 156 valence electrons. The van der Waals surface area contributed by atoms with Crippen molar-refractivity contribution in [2.45, 2.75) is 23.8 Å². The lowest BCUT2D eigenvalue weighted by Gasteiger charge is -2.34. The van der Waals surface area contributed by atoms with Crippen LogP contribution in [0.4, 0.5) is 4.39 Å². The van der Waals surface area contributed by atoms with E-state index in [4.69, 9.17) is 0 Å². The van der Waals surface area contributed by atoms with E-state index in [-0.39, 0.29) is 4.90 Å². The van der Waals surface area contributed by atoms with Gasteiger partial charge in [0.25, 0.3) is 15.9 Å². The minimum atomic E-state index is -4.14. The van der Waals surface area contributed by atoms with Crippen LogP contribution in [0.25, 0.3) is 6.08 Å². The van der Waals surface area contributed by atoms with Gasteiger partial charge in [-0.15, -0.1) is 4.41 Å². The molecule has 1 fully saturated rings. The predicted molar refractivity (Wildman–Crippen MR) is 114 cm³/mol. The number of sulfonamides is 1. The van der Waals surface area contributed by atoms with Gasteiger partial charge in [0.2, 0.25) is 0 Å². The maximum Gasteiger partial charge on any atom is 0.284 e. The highest BCUT2D eigenvalue weighted by molar-refractivity contribution is 7.89. The minimum Gasteiger partial charge on any atom is -0.271 e. The predicted octanol–water partition coefficient (Wildman–Crippen LogP) is 4.39. The molecule has 0 bridgehead atoms. The zero-order valence-corrected chi connectivity index (χ0v) is 17.5. The third-order valence-electron chi connectivity index (χ3n) is 5.76. The van der Waals surface area contributed by atoms with Crippen molar-refractivity contribution in [3.8, 4) is 0 Å². The number of fused-ring (bicyclic) bond motifs is 3. The SMILES string of the molecule is Cc1ccc(S(=O)(=O)N2C(=O)[C@H](c3ccc(F)cc3)[C@H]3c4ccccc4C=CN32)cc1. The van der Waals surface area contributed by atoms with Gasteiger partial charge >= 0.3 is 0 Å². The Kier molecular flexibility index (Phi) is 4.44. The molecule has 3 aromatic rings. The summed E-state index contributed by atoms with van der Waals surface area (Å²) in [7, 11) is -4.14. The van der Waals surface area contributed by atoms with Gasteiger partial charge in [0.05, 0.1) is 16.9 Å². The first-order chi connectivity index (χ1) is 14.9. The van der Waals surface area contributed by atoms with Crippen molar-refractivity contribution in [3.63, 3.8) is 0 Å². The van der Waals surface area contributed by atoms with Gasteiger partial charge < -0.3 is 0 Å². The topological polar surface area (TPSA) is 57.7 Å². The van der Waals surface area contributed by atoms with Crippen molar-refractivity contribution in [2.24, 2.45) is 0 Å². The molecule has 0 unspecified atom stereocenters. The second kappa shape index (κ2) is 7.06. The van der Waals surface area contributed by atoms with Crippen LogP contribution in [-0.4, -0.2) is 23.7 Å². The molecule has 0 aliphatic carbocycles. The quantitative estimate of drug-likeness (QED) is 0.614. The molecule has 5 rings (SSSR count). The van der Waals surface area contributed by atoms with Crippen LogP contribution < -0.4 is 0 Å². The van der Waals surface area contributed by atoms with Crippen LogP contribution >= 0.6 is 0 Å². The fourth-order valence-electron chi connectivity index (χ4n) is 4.25. The van der Waals surface area contributed by atoms with Gasteiger partial charge in [0.15, 0.2) is 0 Å². The van der Waals surface area contributed by atoms with Gasteiger partial charge in [-0.3, -0.25) is 9.80 Å². The van der Waals surface area contributed by atoms with Crippen molar-refractivity contribution in [3.05, 3.63) is 107 Å². The summed E-state index contributed by atoms with van der Waals surface area (Å²) in [6, 6.07) is 19.1. The van der Waals surface area contributed by atoms with Gasteiger partial charge in [-0.1, -0.05) is 54.1 Å². The molecule has 0 radical (unpaired) electrons. The lowest BCUT2D eigenvalue weighted by Crippen LogP contribution is -2.42. The maximum absolute atomic E-state index is 13.6. The van der Waals surface area contributed by atoms with Gasteiger partial charge in [-0.2, -0.15) is 8.42 Å².